The van der Waals surface area contributed by atoms with Gasteiger partial charge >= 0.3 is 0 Å². The van der Waals surface area contributed by atoms with Gasteiger partial charge in [-0.15, -0.1) is 0 Å². The summed E-state index contributed by atoms with van der Waals surface area (Å²) in [6.07, 6.45) is 4.50. The maximum atomic E-state index is 8.36. The Kier molecular flexibility index (Phi) is 4.99. The van der Waals surface area contributed by atoms with Crippen molar-refractivity contribution >= 4 is 6.47 Å². The van der Waals surface area contributed by atoms with Crippen molar-refractivity contribution in [2.75, 3.05) is 0 Å². The predicted octanol–water partition coefficient (Wildman–Crippen LogP) is 2.14. The van der Waals surface area contributed by atoms with Crippen LogP contribution in [-0.4, -0.2) is 11.6 Å². The zero-order valence-electron chi connectivity index (χ0n) is 6.71. The van der Waals surface area contributed by atoms with Gasteiger partial charge in [0, 0.05) is 0 Å². The van der Waals surface area contributed by atoms with Crippen molar-refractivity contribution < 1.29 is 9.90 Å². The zero-order chi connectivity index (χ0) is 7.98. The van der Waals surface area contributed by atoms with Gasteiger partial charge in [0.2, 0.25) is 0 Å². The summed E-state index contributed by atoms with van der Waals surface area (Å²) in [5.74, 6) is 2.06. The summed E-state index contributed by atoms with van der Waals surface area (Å²) in [5, 5.41) is 6.89. The zero-order valence-corrected chi connectivity index (χ0v) is 6.71. The fraction of sp³-hybridized carbons (Fsp3) is 0.875. The minimum Gasteiger partial charge on any atom is -0.483 e. The summed E-state index contributed by atoms with van der Waals surface area (Å²) in [6.45, 7) is 4.36. The van der Waals surface area contributed by atoms with Crippen molar-refractivity contribution in [2.45, 2.75) is 33.1 Å². The molecule has 0 unspecified atom stereocenters. The fourth-order valence-electron chi connectivity index (χ4n) is 1.02. The van der Waals surface area contributed by atoms with Gasteiger partial charge in [0.05, 0.1) is 0 Å². The molecule has 0 radical (unpaired) electrons. The number of hydrogen-bond acceptors (Lipinski definition) is 1. The van der Waals surface area contributed by atoms with Crippen LogP contribution in [0, 0.1) is 11.8 Å². The minimum absolute atomic E-state index is 0.250. The molecule has 0 aromatic carbocycles. The SMILES string of the molecule is CC(C)CC1CC1.O=CO. The average molecular weight is 144 g/mol. The third-order valence-electron chi connectivity index (χ3n) is 1.50. The van der Waals surface area contributed by atoms with Crippen molar-refractivity contribution in [3.8, 4) is 0 Å². The second-order valence-corrected chi connectivity index (χ2v) is 3.18. The maximum Gasteiger partial charge on any atom is 0.290 e. The molecule has 0 bridgehead atoms. The Bertz CT molecular complexity index is 85.3. The van der Waals surface area contributed by atoms with Crippen molar-refractivity contribution in [2.24, 2.45) is 11.8 Å². The monoisotopic (exact) mass is 144 g/mol. The summed E-state index contributed by atoms with van der Waals surface area (Å²) in [4.78, 5) is 8.36. The van der Waals surface area contributed by atoms with Gasteiger partial charge < -0.3 is 5.11 Å². The first-order valence-electron chi connectivity index (χ1n) is 3.78. The second-order valence-electron chi connectivity index (χ2n) is 3.18. The summed E-state index contributed by atoms with van der Waals surface area (Å²) in [5.41, 5.74) is 0. The van der Waals surface area contributed by atoms with Gasteiger partial charge in [-0.2, -0.15) is 0 Å². The maximum absolute atomic E-state index is 8.36. The Balaban J connectivity index is 0.000000236. The Morgan fingerprint density at radius 2 is 2.00 bits per heavy atom. The fourth-order valence-corrected chi connectivity index (χ4v) is 1.02. The third-order valence-corrected chi connectivity index (χ3v) is 1.50. The molecule has 60 valence electrons. The normalized spacial score (nSPS) is 15.9. The summed E-state index contributed by atoms with van der Waals surface area (Å²) >= 11 is 0. The highest BCUT2D eigenvalue weighted by Gasteiger charge is 2.21. The van der Waals surface area contributed by atoms with E-state index in [9.17, 15) is 0 Å². The quantitative estimate of drug-likeness (QED) is 0.603. The molecule has 2 heteroatoms. The minimum atomic E-state index is -0.250. The molecule has 0 spiro atoms. The second kappa shape index (κ2) is 5.27. The molecular weight excluding hydrogens is 128 g/mol. The van der Waals surface area contributed by atoms with E-state index in [0.717, 1.165) is 11.8 Å². The highest BCUT2D eigenvalue weighted by molar-refractivity contribution is 5.32. The van der Waals surface area contributed by atoms with Gasteiger partial charge in [0.1, 0.15) is 0 Å². The number of carboxylic acid groups (broad SMARTS) is 1. The largest absolute Gasteiger partial charge is 0.483 e. The van der Waals surface area contributed by atoms with Gasteiger partial charge in [-0.05, 0) is 18.3 Å². The molecule has 1 aliphatic rings. The lowest BCUT2D eigenvalue weighted by atomic mass is 10.1. The molecule has 0 saturated heterocycles. The Hall–Kier alpha value is -0.530. The first-order chi connectivity index (χ1) is 4.70. The first kappa shape index (κ1) is 9.47. The number of hydrogen-bond donors (Lipinski definition) is 1. The molecule has 10 heavy (non-hydrogen) atoms. The molecule has 1 N–H and O–H groups in total. The highest BCUT2D eigenvalue weighted by Crippen LogP contribution is 2.34. The molecule has 1 aliphatic carbocycles. The van der Waals surface area contributed by atoms with Crippen molar-refractivity contribution in [1.82, 2.24) is 0 Å². The Labute approximate surface area is 62.2 Å². The van der Waals surface area contributed by atoms with Crippen LogP contribution in [0.15, 0.2) is 0 Å². The van der Waals surface area contributed by atoms with E-state index in [1.54, 1.807) is 0 Å². The van der Waals surface area contributed by atoms with Crippen LogP contribution < -0.4 is 0 Å². The van der Waals surface area contributed by atoms with Crippen LogP contribution in [0.5, 0.6) is 0 Å². The number of rotatable bonds is 2. The van der Waals surface area contributed by atoms with Crippen LogP contribution in [-0.2, 0) is 4.79 Å². The molecule has 1 saturated carbocycles. The highest BCUT2D eigenvalue weighted by atomic mass is 16.3. The van der Waals surface area contributed by atoms with E-state index in [-0.39, 0.29) is 6.47 Å². The van der Waals surface area contributed by atoms with Gasteiger partial charge in [-0.3, -0.25) is 4.79 Å². The van der Waals surface area contributed by atoms with E-state index in [1.807, 2.05) is 0 Å². The van der Waals surface area contributed by atoms with Crippen LogP contribution in [0.25, 0.3) is 0 Å². The van der Waals surface area contributed by atoms with Gasteiger partial charge in [0.15, 0.2) is 0 Å². The lowest BCUT2D eigenvalue weighted by Gasteiger charge is -1.98. The topological polar surface area (TPSA) is 37.3 Å². The molecular formula is C8H16O2. The molecule has 1 rings (SSSR count). The standard InChI is InChI=1S/C7H14.CH2O2/c1-6(2)5-7-3-4-7;2-1-3/h6-7H,3-5H2,1-2H3;1H,(H,2,3). The summed E-state index contributed by atoms with van der Waals surface area (Å²) in [6, 6.07) is 0. The average Bonchev–Trinajstić information content (AvgIpc) is 2.50. The molecule has 0 aromatic heterocycles. The molecule has 0 amide bonds. The molecule has 1 fully saturated rings. The van der Waals surface area contributed by atoms with E-state index >= 15 is 0 Å². The van der Waals surface area contributed by atoms with Gasteiger partial charge in [-0.1, -0.05) is 26.7 Å². The lowest BCUT2D eigenvalue weighted by Crippen LogP contribution is -1.86. The van der Waals surface area contributed by atoms with Gasteiger partial charge in [0.25, 0.3) is 6.47 Å². The van der Waals surface area contributed by atoms with Gasteiger partial charge in [-0.25, -0.2) is 0 Å². The summed E-state index contributed by atoms with van der Waals surface area (Å²) in [7, 11) is 0. The molecule has 2 nitrogen and oxygen atoms in total. The number of carbonyl (C=O) groups is 1. The van der Waals surface area contributed by atoms with E-state index in [2.05, 4.69) is 13.8 Å². The van der Waals surface area contributed by atoms with Crippen molar-refractivity contribution in [3.63, 3.8) is 0 Å². The van der Waals surface area contributed by atoms with Crippen LogP contribution in [0.1, 0.15) is 33.1 Å². The van der Waals surface area contributed by atoms with Crippen LogP contribution >= 0.6 is 0 Å². The Morgan fingerprint density at radius 3 is 2.10 bits per heavy atom. The van der Waals surface area contributed by atoms with Crippen LogP contribution in [0.3, 0.4) is 0 Å². The summed E-state index contributed by atoms with van der Waals surface area (Å²) < 4.78 is 0. The molecule has 0 heterocycles. The smallest absolute Gasteiger partial charge is 0.290 e. The van der Waals surface area contributed by atoms with E-state index in [0.29, 0.717) is 0 Å². The lowest BCUT2D eigenvalue weighted by molar-refractivity contribution is -0.122. The van der Waals surface area contributed by atoms with Crippen LogP contribution in [0.2, 0.25) is 0 Å². The first-order valence-corrected chi connectivity index (χ1v) is 3.78. The Morgan fingerprint density at radius 1 is 1.60 bits per heavy atom. The predicted molar refractivity (Wildman–Crippen MR) is 40.9 cm³/mol. The molecule has 0 atom stereocenters. The molecule has 0 aromatic rings. The van der Waals surface area contributed by atoms with E-state index in [4.69, 9.17) is 9.90 Å². The third kappa shape index (κ3) is 7.47. The van der Waals surface area contributed by atoms with Crippen molar-refractivity contribution in [3.05, 3.63) is 0 Å². The van der Waals surface area contributed by atoms with E-state index < -0.39 is 0 Å². The molecule has 0 aliphatic heterocycles. The van der Waals surface area contributed by atoms with E-state index in [1.165, 1.54) is 19.3 Å². The van der Waals surface area contributed by atoms with Crippen LogP contribution in [0.4, 0.5) is 0 Å². The van der Waals surface area contributed by atoms with Crippen molar-refractivity contribution in [1.29, 1.82) is 0 Å².